The average molecular weight is 241 g/mol. The van der Waals surface area contributed by atoms with Crippen molar-refractivity contribution in [3.8, 4) is 0 Å². The highest BCUT2D eigenvalue weighted by molar-refractivity contribution is 8.00. The van der Waals surface area contributed by atoms with E-state index in [1.54, 1.807) is 24.1 Å². The van der Waals surface area contributed by atoms with Crippen LogP contribution in [0.2, 0.25) is 0 Å². The van der Waals surface area contributed by atoms with Crippen molar-refractivity contribution < 1.29 is 9.18 Å². The first kappa shape index (κ1) is 13.0. The Bertz CT molecular complexity index is 351. The first-order chi connectivity index (χ1) is 7.50. The molecule has 1 aromatic rings. The molecule has 16 heavy (non-hydrogen) atoms. The zero-order chi connectivity index (χ0) is 12.1. The van der Waals surface area contributed by atoms with Crippen molar-refractivity contribution in [3.63, 3.8) is 0 Å². The highest BCUT2D eigenvalue weighted by atomic mass is 32.2. The predicted molar refractivity (Wildman–Crippen MR) is 65.0 cm³/mol. The molecule has 0 aliphatic heterocycles. The molecule has 0 saturated carbocycles. The molecule has 4 heteroatoms. The van der Waals surface area contributed by atoms with Crippen molar-refractivity contribution in [1.29, 1.82) is 0 Å². The maximum atomic E-state index is 12.6. The quantitative estimate of drug-likeness (QED) is 0.755. The molecular formula is C12H16FNOS. The van der Waals surface area contributed by atoms with Gasteiger partial charge in [0, 0.05) is 18.0 Å². The molecule has 0 aliphatic carbocycles. The number of carbonyl (C=O) groups is 1. The maximum absolute atomic E-state index is 12.6. The van der Waals surface area contributed by atoms with Crippen LogP contribution in [0.1, 0.15) is 13.8 Å². The molecule has 0 spiro atoms. The molecule has 0 unspecified atom stereocenters. The second kappa shape index (κ2) is 5.89. The first-order valence-electron chi connectivity index (χ1n) is 5.14. The van der Waals surface area contributed by atoms with Gasteiger partial charge in [-0.05, 0) is 38.1 Å². The number of hydrogen-bond donors (Lipinski definition) is 0. The van der Waals surface area contributed by atoms with E-state index in [0.717, 1.165) is 4.90 Å². The predicted octanol–water partition coefficient (Wildman–Crippen LogP) is 2.78. The first-order valence-corrected chi connectivity index (χ1v) is 6.13. The zero-order valence-corrected chi connectivity index (χ0v) is 10.6. The molecule has 88 valence electrons. The number of rotatable bonds is 4. The summed E-state index contributed by atoms with van der Waals surface area (Å²) in [6, 6.07) is 6.38. The summed E-state index contributed by atoms with van der Waals surface area (Å²) in [5, 5.41) is 0. The van der Waals surface area contributed by atoms with Gasteiger partial charge in [-0.25, -0.2) is 4.39 Å². The summed E-state index contributed by atoms with van der Waals surface area (Å²) in [6.07, 6.45) is 0. The van der Waals surface area contributed by atoms with E-state index in [1.807, 2.05) is 13.8 Å². The average Bonchev–Trinajstić information content (AvgIpc) is 2.26. The molecule has 0 atom stereocenters. The van der Waals surface area contributed by atoms with Crippen molar-refractivity contribution >= 4 is 17.7 Å². The van der Waals surface area contributed by atoms with E-state index in [2.05, 4.69) is 0 Å². The fourth-order valence-electron chi connectivity index (χ4n) is 1.07. The Morgan fingerprint density at radius 2 is 1.94 bits per heavy atom. The summed E-state index contributed by atoms with van der Waals surface area (Å²) >= 11 is 1.43. The number of thioether (sulfide) groups is 1. The summed E-state index contributed by atoms with van der Waals surface area (Å²) in [7, 11) is 1.79. The lowest BCUT2D eigenvalue weighted by molar-refractivity contribution is -0.128. The van der Waals surface area contributed by atoms with Crippen molar-refractivity contribution in [2.24, 2.45) is 0 Å². The van der Waals surface area contributed by atoms with E-state index in [4.69, 9.17) is 0 Å². The fourth-order valence-corrected chi connectivity index (χ4v) is 1.89. The summed E-state index contributed by atoms with van der Waals surface area (Å²) < 4.78 is 12.6. The number of carbonyl (C=O) groups excluding carboxylic acids is 1. The van der Waals surface area contributed by atoms with E-state index in [0.29, 0.717) is 5.75 Å². The molecule has 0 aliphatic rings. The highest BCUT2D eigenvalue weighted by Crippen LogP contribution is 2.18. The van der Waals surface area contributed by atoms with Crippen molar-refractivity contribution in [1.82, 2.24) is 4.90 Å². The van der Waals surface area contributed by atoms with Crippen LogP contribution in [-0.4, -0.2) is 29.6 Å². The maximum Gasteiger partial charge on any atom is 0.232 e. The van der Waals surface area contributed by atoms with Gasteiger partial charge in [0.05, 0.1) is 5.75 Å². The summed E-state index contributed by atoms with van der Waals surface area (Å²) in [6.45, 7) is 3.95. The molecule has 1 amide bonds. The molecule has 0 heterocycles. The Labute approximate surface area is 99.8 Å². The Kier molecular flexibility index (Phi) is 4.80. The molecule has 1 rings (SSSR count). The van der Waals surface area contributed by atoms with Crippen molar-refractivity contribution in [3.05, 3.63) is 30.1 Å². The molecule has 1 aromatic carbocycles. The third-order valence-electron chi connectivity index (χ3n) is 2.34. The lowest BCUT2D eigenvalue weighted by Crippen LogP contribution is -2.34. The fraction of sp³-hybridized carbons (Fsp3) is 0.417. The van der Waals surface area contributed by atoms with Gasteiger partial charge in [-0.3, -0.25) is 4.79 Å². The highest BCUT2D eigenvalue weighted by Gasteiger charge is 2.11. The standard InChI is InChI=1S/C12H16FNOS/c1-9(2)14(3)12(15)8-16-11-6-4-10(13)5-7-11/h4-7,9H,8H2,1-3H3. The summed E-state index contributed by atoms with van der Waals surface area (Å²) in [4.78, 5) is 14.3. The smallest absolute Gasteiger partial charge is 0.232 e. The van der Waals surface area contributed by atoms with Gasteiger partial charge in [-0.1, -0.05) is 0 Å². The largest absolute Gasteiger partial charge is 0.343 e. The molecular weight excluding hydrogens is 225 g/mol. The second-order valence-corrected chi connectivity index (χ2v) is 4.89. The van der Waals surface area contributed by atoms with Crippen LogP contribution in [0, 0.1) is 5.82 Å². The van der Waals surface area contributed by atoms with Gasteiger partial charge in [0.25, 0.3) is 0 Å². The number of benzene rings is 1. The van der Waals surface area contributed by atoms with Crippen molar-refractivity contribution in [2.45, 2.75) is 24.8 Å². The number of amides is 1. The third-order valence-corrected chi connectivity index (χ3v) is 3.34. The van der Waals surface area contributed by atoms with Gasteiger partial charge in [0.2, 0.25) is 5.91 Å². The van der Waals surface area contributed by atoms with Crippen LogP contribution < -0.4 is 0 Å². The van der Waals surface area contributed by atoms with Crippen molar-refractivity contribution in [2.75, 3.05) is 12.8 Å². The minimum atomic E-state index is -0.255. The Balaban J connectivity index is 2.46. The van der Waals surface area contributed by atoms with Crippen LogP contribution in [-0.2, 0) is 4.79 Å². The minimum Gasteiger partial charge on any atom is -0.343 e. The molecule has 2 nitrogen and oxygen atoms in total. The summed E-state index contributed by atoms with van der Waals surface area (Å²) in [5.74, 6) is 0.222. The zero-order valence-electron chi connectivity index (χ0n) is 9.74. The van der Waals surface area contributed by atoms with Gasteiger partial charge < -0.3 is 4.90 Å². The van der Waals surface area contributed by atoms with Crippen LogP contribution >= 0.6 is 11.8 Å². The molecule has 0 N–H and O–H groups in total. The van der Waals surface area contributed by atoms with E-state index >= 15 is 0 Å². The number of hydrogen-bond acceptors (Lipinski definition) is 2. The molecule has 0 radical (unpaired) electrons. The van der Waals surface area contributed by atoms with Crippen LogP contribution in [0.5, 0.6) is 0 Å². The van der Waals surface area contributed by atoms with Crippen LogP contribution in [0.25, 0.3) is 0 Å². The van der Waals surface area contributed by atoms with Gasteiger partial charge in [-0.15, -0.1) is 11.8 Å². The third kappa shape index (κ3) is 3.85. The lowest BCUT2D eigenvalue weighted by Gasteiger charge is -2.21. The van der Waals surface area contributed by atoms with Crippen LogP contribution in [0.15, 0.2) is 29.2 Å². The Hall–Kier alpha value is -1.03. The topological polar surface area (TPSA) is 20.3 Å². The van der Waals surface area contributed by atoms with E-state index in [9.17, 15) is 9.18 Å². The van der Waals surface area contributed by atoms with E-state index in [-0.39, 0.29) is 17.8 Å². The molecule has 0 bridgehead atoms. The van der Waals surface area contributed by atoms with E-state index in [1.165, 1.54) is 23.9 Å². The summed E-state index contributed by atoms with van der Waals surface area (Å²) in [5.41, 5.74) is 0. The van der Waals surface area contributed by atoms with Crippen LogP contribution in [0.4, 0.5) is 4.39 Å². The van der Waals surface area contributed by atoms with E-state index < -0.39 is 0 Å². The van der Waals surface area contributed by atoms with Gasteiger partial charge in [0.1, 0.15) is 5.82 Å². The lowest BCUT2D eigenvalue weighted by atomic mass is 10.3. The van der Waals surface area contributed by atoms with Gasteiger partial charge in [0.15, 0.2) is 0 Å². The van der Waals surface area contributed by atoms with Gasteiger partial charge in [-0.2, -0.15) is 0 Å². The van der Waals surface area contributed by atoms with Gasteiger partial charge >= 0.3 is 0 Å². The molecule has 0 saturated heterocycles. The molecule has 0 fully saturated rings. The number of halogens is 1. The minimum absolute atomic E-state index is 0.0873. The second-order valence-electron chi connectivity index (χ2n) is 3.84. The molecule has 0 aromatic heterocycles. The number of nitrogens with zero attached hydrogens (tertiary/aromatic N) is 1. The Morgan fingerprint density at radius 1 is 1.38 bits per heavy atom. The Morgan fingerprint density at radius 3 is 2.44 bits per heavy atom. The monoisotopic (exact) mass is 241 g/mol. The SMILES string of the molecule is CC(C)N(C)C(=O)CSc1ccc(F)cc1. The normalized spacial score (nSPS) is 10.6. The van der Waals surface area contributed by atoms with Crippen LogP contribution in [0.3, 0.4) is 0 Å².